The van der Waals surface area contributed by atoms with E-state index in [2.05, 4.69) is 9.97 Å². The number of likely N-dealkylation sites (N-methyl/N-ethyl adjacent to an activating group) is 1. The number of carbonyl (C=O) groups excluding carboxylic acids is 1. The molecule has 2 aromatic carbocycles. The molecule has 0 bridgehead atoms. The van der Waals surface area contributed by atoms with Crippen LogP contribution in [-0.4, -0.2) is 40.4 Å². The highest BCUT2D eigenvalue weighted by Gasteiger charge is 2.32. The molecule has 6 nitrogen and oxygen atoms in total. The summed E-state index contributed by atoms with van der Waals surface area (Å²) in [7, 11) is 1.69. The number of aromatic amines is 1. The van der Waals surface area contributed by atoms with E-state index in [1.807, 2.05) is 17.0 Å². The van der Waals surface area contributed by atoms with Gasteiger partial charge in [0.2, 0.25) is 5.91 Å². The van der Waals surface area contributed by atoms with E-state index in [9.17, 15) is 14.0 Å². The van der Waals surface area contributed by atoms with E-state index in [-0.39, 0.29) is 24.1 Å². The highest BCUT2D eigenvalue weighted by molar-refractivity contribution is 6.33. The third-order valence-electron chi connectivity index (χ3n) is 5.06. The first-order valence-electron chi connectivity index (χ1n) is 9.36. The van der Waals surface area contributed by atoms with Crippen LogP contribution in [0, 0.1) is 5.82 Å². The Bertz CT molecular complexity index is 1130. The van der Waals surface area contributed by atoms with Crippen molar-refractivity contribution >= 4 is 34.1 Å². The van der Waals surface area contributed by atoms with Gasteiger partial charge in [0.05, 0.1) is 34.7 Å². The molecule has 0 saturated heterocycles. The molecular weight excluding hydrogens is 395 g/mol. The monoisotopic (exact) mass is 414 g/mol. The fourth-order valence-electron chi connectivity index (χ4n) is 3.32. The van der Waals surface area contributed by atoms with E-state index in [1.54, 1.807) is 19.2 Å². The second kappa shape index (κ2) is 7.93. The first-order chi connectivity index (χ1) is 13.9. The molecule has 8 heteroatoms. The molecule has 0 aliphatic heterocycles. The maximum atomic E-state index is 13.5. The lowest BCUT2D eigenvalue weighted by Gasteiger charge is -2.25. The number of halogens is 2. The maximum absolute atomic E-state index is 13.5. The fourth-order valence-corrected chi connectivity index (χ4v) is 3.58. The number of aromatic nitrogens is 2. The zero-order valence-electron chi connectivity index (χ0n) is 15.9. The van der Waals surface area contributed by atoms with Crippen molar-refractivity contribution in [3.8, 4) is 0 Å². The van der Waals surface area contributed by atoms with Gasteiger partial charge in [0.15, 0.2) is 0 Å². The summed E-state index contributed by atoms with van der Waals surface area (Å²) in [5.41, 5.74) is 0.627. The van der Waals surface area contributed by atoms with Crippen LogP contribution in [0.2, 0.25) is 5.02 Å². The number of benzene rings is 2. The molecular formula is C21H20ClFN4O2. The molecule has 0 spiro atoms. The summed E-state index contributed by atoms with van der Waals surface area (Å²) in [6.45, 7) is 0.464. The Morgan fingerprint density at radius 1 is 1.28 bits per heavy atom. The van der Waals surface area contributed by atoms with Crippen LogP contribution in [0.3, 0.4) is 0 Å². The number of hydrogen-bond donors (Lipinski definition) is 1. The molecule has 0 atom stereocenters. The number of H-pyrrole nitrogens is 1. The lowest BCUT2D eigenvalue weighted by molar-refractivity contribution is -0.119. The third kappa shape index (κ3) is 4.31. The summed E-state index contributed by atoms with van der Waals surface area (Å²) >= 11 is 6.20. The topological polar surface area (TPSA) is 69.3 Å². The van der Waals surface area contributed by atoms with Crippen LogP contribution in [0.15, 0.2) is 47.3 Å². The normalized spacial score (nSPS) is 13.8. The van der Waals surface area contributed by atoms with Crippen LogP contribution in [-0.2, 0) is 11.3 Å². The smallest absolute Gasteiger partial charge is 0.258 e. The van der Waals surface area contributed by atoms with Crippen molar-refractivity contribution < 1.29 is 9.18 Å². The van der Waals surface area contributed by atoms with E-state index in [4.69, 9.17) is 11.6 Å². The van der Waals surface area contributed by atoms with Gasteiger partial charge in [-0.25, -0.2) is 9.37 Å². The molecule has 1 N–H and O–H groups in total. The molecule has 0 unspecified atom stereocenters. The second-order valence-corrected chi connectivity index (χ2v) is 7.62. The number of nitrogens with one attached hydrogen (secondary N) is 1. The van der Waals surface area contributed by atoms with Gasteiger partial charge in [0, 0.05) is 19.2 Å². The van der Waals surface area contributed by atoms with Gasteiger partial charge >= 0.3 is 0 Å². The Labute approximate surface area is 171 Å². The lowest BCUT2D eigenvalue weighted by Crippen LogP contribution is -2.40. The van der Waals surface area contributed by atoms with Gasteiger partial charge in [-0.2, -0.15) is 0 Å². The van der Waals surface area contributed by atoms with Gasteiger partial charge in [-0.1, -0.05) is 23.7 Å². The summed E-state index contributed by atoms with van der Waals surface area (Å²) in [6.07, 6.45) is 1.96. The van der Waals surface area contributed by atoms with Crippen molar-refractivity contribution in [2.45, 2.75) is 25.4 Å². The average molecular weight is 415 g/mol. The van der Waals surface area contributed by atoms with Crippen molar-refractivity contribution in [3.63, 3.8) is 0 Å². The minimum Gasteiger partial charge on any atom is -0.313 e. The Morgan fingerprint density at radius 2 is 2.03 bits per heavy atom. The Hall–Kier alpha value is -2.77. The molecule has 1 aliphatic carbocycles. The number of carbonyl (C=O) groups is 1. The van der Waals surface area contributed by atoms with E-state index in [1.165, 1.54) is 23.1 Å². The van der Waals surface area contributed by atoms with Crippen LogP contribution < -0.4 is 10.5 Å². The van der Waals surface area contributed by atoms with E-state index < -0.39 is 5.82 Å². The summed E-state index contributed by atoms with van der Waals surface area (Å²) in [4.78, 5) is 35.8. The van der Waals surface area contributed by atoms with Gasteiger partial charge in [0.25, 0.3) is 5.56 Å². The molecule has 1 aromatic heterocycles. The van der Waals surface area contributed by atoms with E-state index in [0.29, 0.717) is 34.0 Å². The van der Waals surface area contributed by atoms with Crippen LogP contribution in [0.25, 0.3) is 10.9 Å². The minimum atomic E-state index is -0.447. The van der Waals surface area contributed by atoms with Gasteiger partial charge in [-0.15, -0.1) is 0 Å². The van der Waals surface area contributed by atoms with Gasteiger partial charge in [-0.3, -0.25) is 14.5 Å². The minimum absolute atomic E-state index is 0.112. The Balaban J connectivity index is 1.54. The first-order valence-corrected chi connectivity index (χ1v) is 9.74. The summed E-state index contributed by atoms with van der Waals surface area (Å²) < 4.78 is 13.5. The molecule has 1 saturated carbocycles. The van der Waals surface area contributed by atoms with Crippen molar-refractivity contribution in [2.24, 2.45) is 0 Å². The molecule has 29 heavy (non-hydrogen) atoms. The van der Waals surface area contributed by atoms with Crippen molar-refractivity contribution in [1.82, 2.24) is 14.9 Å². The molecule has 3 aromatic rings. The Morgan fingerprint density at radius 3 is 2.76 bits per heavy atom. The van der Waals surface area contributed by atoms with Crippen LogP contribution >= 0.6 is 11.6 Å². The average Bonchev–Trinajstić information content (AvgIpc) is 3.52. The molecule has 150 valence electrons. The van der Waals surface area contributed by atoms with Crippen molar-refractivity contribution in [1.29, 1.82) is 0 Å². The first kappa shape index (κ1) is 19.5. The number of nitrogens with zero attached hydrogens (tertiary/aromatic N) is 3. The molecule has 1 fully saturated rings. The highest BCUT2D eigenvalue weighted by Crippen LogP contribution is 2.29. The predicted octanol–water partition coefficient (Wildman–Crippen LogP) is 3.34. The third-order valence-corrected chi connectivity index (χ3v) is 5.38. The standard InChI is InChI=1S/C21H20ClFN4O2/c1-26(18-5-3-2-4-16(18)22)20(28)12-27(14-7-8-14)11-19-24-17-10-13(23)6-9-15(17)21(29)25-19/h2-6,9-10,14H,7-8,11-12H2,1H3,(H,24,25,29). The lowest BCUT2D eigenvalue weighted by atomic mass is 10.2. The summed E-state index contributed by atoms with van der Waals surface area (Å²) in [6, 6.07) is 11.3. The van der Waals surface area contributed by atoms with Gasteiger partial charge < -0.3 is 9.88 Å². The van der Waals surface area contributed by atoms with Crippen molar-refractivity contribution in [2.75, 3.05) is 18.5 Å². The molecule has 0 radical (unpaired) electrons. The maximum Gasteiger partial charge on any atom is 0.258 e. The van der Waals surface area contributed by atoms with Crippen LogP contribution in [0.5, 0.6) is 0 Å². The predicted molar refractivity (Wildman–Crippen MR) is 111 cm³/mol. The summed E-state index contributed by atoms with van der Waals surface area (Å²) in [5.74, 6) is -0.149. The summed E-state index contributed by atoms with van der Waals surface area (Å²) in [5, 5.41) is 0.839. The number of amides is 1. The van der Waals surface area contributed by atoms with Gasteiger partial charge in [-0.05, 0) is 37.1 Å². The largest absolute Gasteiger partial charge is 0.313 e. The SMILES string of the molecule is CN(C(=O)CN(Cc1nc2cc(F)ccc2c(=O)[nH]1)C1CC1)c1ccccc1Cl. The number of rotatable bonds is 6. The zero-order valence-corrected chi connectivity index (χ0v) is 16.6. The fraction of sp³-hybridized carbons (Fsp3) is 0.286. The molecule has 1 heterocycles. The zero-order chi connectivity index (χ0) is 20.5. The number of para-hydroxylation sites is 1. The van der Waals surface area contributed by atoms with E-state index >= 15 is 0 Å². The van der Waals surface area contributed by atoms with Crippen molar-refractivity contribution in [3.05, 3.63) is 69.5 Å². The quantitative estimate of drug-likeness (QED) is 0.671. The van der Waals surface area contributed by atoms with Crippen LogP contribution in [0.4, 0.5) is 10.1 Å². The van der Waals surface area contributed by atoms with Crippen LogP contribution in [0.1, 0.15) is 18.7 Å². The van der Waals surface area contributed by atoms with Gasteiger partial charge in [0.1, 0.15) is 11.6 Å². The highest BCUT2D eigenvalue weighted by atomic mass is 35.5. The number of anilines is 1. The molecule has 1 amide bonds. The molecule has 1 aliphatic rings. The number of fused-ring (bicyclic) bond motifs is 1. The van der Waals surface area contributed by atoms with E-state index in [0.717, 1.165) is 12.8 Å². The Kier molecular flexibility index (Phi) is 5.34. The second-order valence-electron chi connectivity index (χ2n) is 7.21. The molecule has 4 rings (SSSR count). The number of hydrogen-bond acceptors (Lipinski definition) is 4.